The average molecular weight is 412 g/mol. The SMILES string of the molecule is C[C@H](OC(=O)c1ccc(-c2nc3ccccc3s2)s1)C(=O)NCc1ccco1. The van der Waals surface area contributed by atoms with Gasteiger partial charge in [0.1, 0.15) is 15.6 Å². The predicted molar refractivity (Wildman–Crippen MR) is 108 cm³/mol. The van der Waals surface area contributed by atoms with Crippen molar-refractivity contribution in [2.45, 2.75) is 19.6 Å². The third-order valence-electron chi connectivity index (χ3n) is 3.98. The zero-order valence-corrected chi connectivity index (χ0v) is 16.5. The monoisotopic (exact) mass is 412 g/mol. The Labute approximate surface area is 168 Å². The number of para-hydroxylation sites is 1. The molecule has 0 unspecified atom stereocenters. The summed E-state index contributed by atoms with van der Waals surface area (Å²) in [5, 5.41) is 3.53. The lowest BCUT2D eigenvalue weighted by atomic mass is 10.3. The van der Waals surface area contributed by atoms with Crippen LogP contribution in [0.3, 0.4) is 0 Å². The van der Waals surface area contributed by atoms with Crippen LogP contribution in [0.25, 0.3) is 20.1 Å². The second-order valence-electron chi connectivity index (χ2n) is 6.00. The summed E-state index contributed by atoms with van der Waals surface area (Å²) in [7, 11) is 0. The normalized spacial score (nSPS) is 12.0. The van der Waals surface area contributed by atoms with Crippen molar-refractivity contribution in [3.63, 3.8) is 0 Å². The van der Waals surface area contributed by atoms with E-state index in [2.05, 4.69) is 10.3 Å². The topological polar surface area (TPSA) is 81.4 Å². The summed E-state index contributed by atoms with van der Waals surface area (Å²) in [6.07, 6.45) is 0.626. The van der Waals surface area contributed by atoms with Gasteiger partial charge in [-0.1, -0.05) is 12.1 Å². The summed E-state index contributed by atoms with van der Waals surface area (Å²) in [5.41, 5.74) is 0.932. The molecule has 142 valence electrons. The summed E-state index contributed by atoms with van der Waals surface area (Å²) in [6, 6.07) is 14.9. The highest BCUT2D eigenvalue weighted by Crippen LogP contribution is 2.34. The van der Waals surface area contributed by atoms with Gasteiger partial charge in [0.2, 0.25) is 0 Å². The van der Waals surface area contributed by atoms with Crippen LogP contribution in [0.15, 0.2) is 59.2 Å². The first kappa shape index (κ1) is 18.4. The molecule has 3 heterocycles. The Bertz CT molecular complexity index is 1080. The van der Waals surface area contributed by atoms with Gasteiger partial charge >= 0.3 is 5.97 Å². The highest BCUT2D eigenvalue weighted by Gasteiger charge is 2.21. The van der Waals surface area contributed by atoms with Crippen molar-refractivity contribution in [2.24, 2.45) is 0 Å². The molecule has 6 nitrogen and oxygen atoms in total. The van der Waals surface area contributed by atoms with Crippen LogP contribution < -0.4 is 5.32 Å². The van der Waals surface area contributed by atoms with Crippen molar-refractivity contribution < 1.29 is 18.7 Å². The van der Waals surface area contributed by atoms with Crippen molar-refractivity contribution in [1.29, 1.82) is 0 Å². The van der Waals surface area contributed by atoms with E-state index in [4.69, 9.17) is 9.15 Å². The number of hydrogen-bond donors (Lipinski definition) is 1. The number of nitrogens with zero attached hydrogens (tertiary/aromatic N) is 1. The van der Waals surface area contributed by atoms with E-state index >= 15 is 0 Å². The van der Waals surface area contributed by atoms with Gasteiger partial charge in [-0.05, 0) is 43.3 Å². The lowest BCUT2D eigenvalue weighted by molar-refractivity contribution is -0.129. The summed E-state index contributed by atoms with van der Waals surface area (Å²) >= 11 is 2.87. The van der Waals surface area contributed by atoms with E-state index in [0.29, 0.717) is 10.6 Å². The van der Waals surface area contributed by atoms with Crippen molar-refractivity contribution in [2.75, 3.05) is 0 Å². The third-order valence-corrected chi connectivity index (χ3v) is 6.25. The molecule has 1 aromatic carbocycles. The average Bonchev–Trinajstić information content (AvgIpc) is 3.45. The Morgan fingerprint density at radius 1 is 1.14 bits per heavy atom. The molecule has 0 aliphatic rings. The minimum Gasteiger partial charge on any atom is -0.467 e. The minimum atomic E-state index is -0.907. The fourth-order valence-electron chi connectivity index (χ4n) is 2.54. The fourth-order valence-corrected chi connectivity index (χ4v) is 4.45. The Balaban J connectivity index is 1.39. The van der Waals surface area contributed by atoms with Crippen LogP contribution in [0.2, 0.25) is 0 Å². The number of hydrogen-bond acceptors (Lipinski definition) is 7. The molecule has 4 rings (SSSR count). The first-order valence-electron chi connectivity index (χ1n) is 8.57. The van der Waals surface area contributed by atoms with E-state index in [1.54, 1.807) is 29.5 Å². The van der Waals surface area contributed by atoms with E-state index in [0.717, 1.165) is 20.1 Å². The Morgan fingerprint density at radius 2 is 2.00 bits per heavy atom. The number of amides is 1. The smallest absolute Gasteiger partial charge is 0.349 e. The zero-order valence-electron chi connectivity index (χ0n) is 14.9. The van der Waals surface area contributed by atoms with Gasteiger partial charge in [0.05, 0.1) is 27.9 Å². The number of carbonyl (C=O) groups is 2. The maximum Gasteiger partial charge on any atom is 0.349 e. The summed E-state index contributed by atoms with van der Waals surface area (Å²) in [5.74, 6) is -0.281. The molecule has 0 aliphatic heterocycles. The maximum atomic E-state index is 12.4. The molecule has 28 heavy (non-hydrogen) atoms. The van der Waals surface area contributed by atoms with Crippen LogP contribution in [-0.2, 0) is 16.1 Å². The summed E-state index contributed by atoms with van der Waals surface area (Å²) in [4.78, 5) is 30.4. The number of furan rings is 1. The molecule has 1 N–H and O–H groups in total. The molecule has 0 fully saturated rings. The number of rotatable bonds is 6. The highest BCUT2D eigenvalue weighted by molar-refractivity contribution is 7.26. The van der Waals surface area contributed by atoms with Crippen LogP contribution >= 0.6 is 22.7 Å². The minimum absolute atomic E-state index is 0.245. The van der Waals surface area contributed by atoms with Crippen LogP contribution in [0.1, 0.15) is 22.4 Å². The van der Waals surface area contributed by atoms with E-state index in [9.17, 15) is 9.59 Å². The largest absolute Gasteiger partial charge is 0.467 e. The van der Waals surface area contributed by atoms with Gasteiger partial charge in [-0.2, -0.15) is 0 Å². The molecular formula is C20H16N2O4S2. The van der Waals surface area contributed by atoms with Crippen molar-refractivity contribution in [3.05, 3.63) is 65.4 Å². The van der Waals surface area contributed by atoms with Crippen LogP contribution in [0, 0.1) is 0 Å². The van der Waals surface area contributed by atoms with Crippen molar-refractivity contribution in [3.8, 4) is 9.88 Å². The standard InChI is InChI=1S/C20H16N2O4S2/c1-12(18(23)21-11-13-5-4-10-25-13)26-20(24)17-9-8-16(27-17)19-22-14-6-2-3-7-15(14)28-19/h2-10,12H,11H2,1H3,(H,21,23)/t12-/m0/s1. The number of ether oxygens (including phenoxy) is 1. The number of aromatic nitrogens is 1. The molecule has 0 saturated carbocycles. The number of benzene rings is 1. The maximum absolute atomic E-state index is 12.4. The quantitative estimate of drug-likeness (QED) is 0.472. The molecule has 0 bridgehead atoms. The van der Waals surface area contributed by atoms with E-state index in [-0.39, 0.29) is 12.5 Å². The van der Waals surface area contributed by atoms with E-state index < -0.39 is 12.1 Å². The van der Waals surface area contributed by atoms with Crippen LogP contribution in [-0.4, -0.2) is 23.0 Å². The number of nitrogens with one attached hydrogen (secondary N) is 1. The molecule has 0 radical (unpaired) electrons. The van der Waals surface area contributed by atoms with Gasteiger partial charge in [-0.25, -0.2) is 9.78 Å². The lowest BCUT2D eigenvalue weighted by Crippen LogP contribution is -2.35. The number of thiophene rings is 1. The van der Waals surface area contributed by atoms with Gasteiger partial charge in [-0.3, -0.25) is 4.79 Å². The highest BCUT2D eigenvalue weighted by atomic mass is 32.1. The molecule has 1 atom stereocenters. The molecule has 0 aliphatic carbocycles. The molecular weight excluding hydrogens is 396 g/mol. The second kappa shape index (κ2) is 7.95. The fraction of sp³-hybridized carbons (Fsp3) is 0.150. The number of carbonyl (C=O) groups excluding carboxylic acids is 2. The van der Waals surface area contributed by atoms with E-state index in [1.165, 1.54) is 24.5 Å². The van der Waals surface area contributed by atoms with Crippen LogP contribution in [0.5, 0.6) is 0 Å². The van der Waals surface area contributed by atoms with Gasteiger partial charge in [0, 0.05) is 0 Å². The number of fused-ring (bicyclic) bond motifs is 1. The number of thiazole rings is 1. The predicted octanol–water partition coefficient (Wildman–Crippen LogP) is 4.48. The Kier molecular flexibility index (Phi) is 5.23. The second-order valence-corrected chi connectivity index (χ2v) is 8.11. The molecule has 3 aromatic heterocycles. The Morgan fingerprint density at radius 3 is 2.79 bits per heavy atom. The Hall–Kier alpha value is -2.97. The first-order valence-corrected chi connectivity index (χ1v) is 10.2. The van der Waals surface area contributed by atoms with Gasteiger partial charge < -0.3 is 14.5 Å². The zero-order chi connectivity index (χ0) is 19.5. The van der Waals surface area contributed by atoms with Crippen molar-refractivity contribution >= 4 is 44.8 Å². The first-order chi connectivity index (χ1) is 13.6. The molecule has 0 spiro atoms. The third kappa shape index (κ3) is 3.97. The summed E-state index contributed by atoms with van der Waals surface area (Å²) in [6.45, 7) is 1.78. The van der Waals surface area contributed by atoms with Crippen LogP contribution in [0.4, 0.5) is 0 Å². The lowest BCUT2D eigenvalue weighted by Gasteiger charge is -2.12. The van der Waals surface area contributed by atoms with Gasteiger partial charge in [-0.15, -0.1) is 22.7 Å². The molecule has 1 amide bonds. The number of esters is 1. The van der Waals surface area contributed by atoms with Crippen molar-refractivity contribution in [1.82, 2.24) is 10.3 Å². The molecule has 8 heteroatoms. The molecule has 0 saturated heterocycles. The van der Waals surface area contributed by atoms with E-state index in [1.807, 2.05) is 30.3 Å². The molecule has 4 aromatic rings. The van der Waals surface area contributed by atoms with Gasteiger partial charge in [0.25, 0.3) is 5.91 Å². The van der Waals surface area contributed by atoms with Gasteiger partial charge in [0.15, 0.2) is 6.10 Å². The summed E-state index contributed by atoms with van der Waals surface area (Å²) < 4.78 is 11.5.